The zero-order valence-electron chi connectivity index (χ0n) is 25.5. The van der Waals surface area contributed by atoms with E-state index in [0.717, 1.165) is 63.9 Å². The summed E-state index contributed by atoms with van der Waals surface area (Å²) in [6.45, 7) is 13.7. The third-order valence-electron chi connectivity index (χ3n) is 9.12. The van der Waals surface area contributed by atoms with Gasteiger partial charge in [0.25, 0.3) is 0 Å². The summed E-state index contributed by atoms with van der Waals surface area (Å²) in [5, 5.41) is 4.68. The van der Waals surface area contributed by atoms with Crippen LogP contribution in [-0.2, 0) is 19.1 Å². The number of hydrogen-bond acceptors (Lipinski definition) is 6. The summed E-state index contributed by atoms with van der Waals surface area (Å²) in [5.74, 6) is -1.39. The second-order valence-electron chi connectivity index (χ2n) is 12.2. The molecule has 3 atom stereocenters. The minimum Gasteiger partial charge on any atom is -0.463 e. The van der Waals surface area contributed by atoms with Crippen molar-refractivity contribution in [2.75, 3.05) is 13.2 Å². The Labute approximate surface area is 248 Å². The summed E-state index contributed by atoms with van der Waals surface area (Å²) in [6, 6.07) is 12.6. The van der Waals surface area contributed by atoms with Gasteiger partial charge in [-0.1, -0.05) is 29.8 Å². The molecule has 0 aliphatic carbocycles. The summed E-state index contributed by atoms with van der Waals surface area (Å²) in [5.41, 5.74) is 9.04. The highest BCUT2D eigenvalue weighted by Gasteiger charge is 2.47. The minimum absolute atomic E-state index is 0.0191. The number of aromatic nitrogens is 1. The van der Waals surface area contributed by atoms with Gasteiger partial charge in [-0.15, -0.1) is 0 Å². The molecule has 220 valence electrons. The van der Waals surface area contributed by atoms with E-state index in [1.165, 1.54) is 5.56 Å². The van der Waals surface area contributed by atoms with Gasteiger partial charge in [-0.2, -0.15) is 0 Å². The lowest BCUT2D eigenvalue weighted by Gasteiger charge is -2.41. The van der Waals surface area contributed by atoms with E-state index in [4.69, 9.17) is 9.47 Å². The van der Waals surface area contributed by atoms with Crippen LogP contribution in [0.3, 0.4) is 0 Å². The van der Waals surface area contributed by atoms with Gasteiger partial charge in [-0.25, -0.2) is 9.59 Å². The third-order valence-corrected chi connectivity index (χ3v) is 9.12. The number of carbonyl (C=O) groups excluding carboxylic acids is 2. The van der Waals surface area contributed by atoms with Crippen LogP contribution in [0.4, 0.5) is 0 Å². The molecule has 1 fully saturated rings. The van der Waals surface area contributed by atoms with Crippen LogP contribution < -0.4 is 5.32 Å². The van der Waals surface area contributed by atoms with Crippen LogP contribution in [0.1, 0.15) is 79.9 Å². The van der Waals surface area contributed by atoms with Crippen molar-refractivity contribution in [3.8, 4) is 0 Å². The molecule has 0 spiro atoms. The number of nitrogens with one attached hydrogen (secondary N) is 2. The number of nitrogens with zero attached hydrogens (tertiary/aromatic N) is 1. The highest BCUT2D eigenvalue weighted by Crippen LogP contribution is 2.48. The normalized spacial score (nSPS) is 22.9. The SMILES string of the molecule is CCOC(=O)C1=C([C@@H]2CCCN2C(C)C)NC2=C(C(=O)OC(c3c(C)cc(C)cc3C)C2)C1c1cccc2[nH]ccc12. The van der Waals surface area contributed by atoms with Gasteiger partial charge >= 0.3 is 11.9 Å². The monoisotopic (exact) mass is 567 g/mol. The van der Waals surface area contributed by atoms with Gasteiger partial charge < -0.3 is 19.8 Å². The Hall–Kier alpha value is -3.84. The molecule has 42 heavy (non-hydrogen) atoms. The third kappa shape index (κ3) is 4.74. The Bertz CT molecular complexity index is 1600. The summed E-state index contributed by atoms with van der Waals surface area (Å²) < 4.78 is 12.0. The number of aromatic amines is 1. The zero-order chi connectivity index (χ0) is 29.7. The average Bonchev–Trinajstić information content (AvgIpc) is 3.62. The van der Waals surface area contributed by atoms with Gasteiger partial charge in [0.2, 0.25) is 0 Å². The highest BCUT2D eigenvalue weighted by atomic mass is 16.5. The molecule has 0 bridgehead atoms. The molecule has 3 aromatic rings. The fourth-order valence-electron chi connectivity index (χ4n) is 7.54. The predicted octanol–water partition coefficient (Wildman–Crippen LogP) is 6.41. The van der Waals surface area contributed by atoms with Crippen LogP contribution in [0.5, 0.6) is 0 Å². The van der Waals surface area contributed by atoms with Gasteiger partial charge in [0.1, 0.15) is 6.10 Å². The van der Waals surface area contributed by atoms with E-state index in [1.54, 1.807) is 0 Å². The molecule has 3 aliphatic heterocycles. The van der Waals surface area contributed by atoms with Crippen molar-refractivity contribution >= 4 is 22.8 Å². The number of ether oxygens (including phenoxy) is 2. The van der Waals surface area contributed by atoms with Crippen molar-refractivity contribution in [2.45, 2.75) is 84.9 Å². The van der Waals surface area contributed by atoms with E-state index in [0.29, 0.717) is 23.6 Å². The average molecular weight is 568 g/mol. The standard InChI is InChI=1S/C35H41N3O4/c1-7-41-34(39)32-30(24-10-8-11-25-23(24)13-14-36-25)31-26(37-33(32)27-12-9-15-38(27)19(2)3)18-28(42-35(31)40)29-21(5)16-20(4)17-22(29)6/h8,10-11,13-14,16-17,19,27-28,30,36-37H,7,9,12,15,18H2,1-6H3/t27-,28?,30?/m0/s1. The maximum Gasteiger partial charge on any atom is 0.337 e. The molecule has 1 saturated heterocycles. The molecular formula is C35H41N3O4. The Morgan fingerprint density at radius 1 is 1.14 bits per heavy atom. The fourth-order valence-corrected chi connectivity index (χ4v) is 7.54. The molecule has 1 aromatic heterocycles. The molecule has 6 rings (SSSR count). The number of benzene rings is 2. The molecule has 2 aromatic carbocycles. The van der Waals surface area contributed by atoms with E-state index in [1.807, 2.05) is 37.4 Å². The van der Waals surface area contributed by atoms with Crippen LogP contribution >= 0.6 is 0 Å². The minimum atomic E-state index is -0.613. The molecule has 0 amide bonds. The van der Waals surface area contributed by atoms with Crippen LogP contribution in [0, 0.1) is 20.8 Å². The molecule has 7 nitrogen and oxygen atoms in total. The second kappa shape index (κ2) is 11.1. The van der Waals surface area contributed by atoms with Gasteiger partial charge in [-0.05, 0) is 95.3 Å². The topological polar surface area (TPSA) is 83.7 Å². The Balaban J connectivity index is 1.57. The first kappa shape index (κ1) is 28.3. The lowest BCUT2D eigenvalue weighted by molar-refractivity contribution is -0.147. The highest BCUT2D eigenvalue weighted by molar-refractivity contribution is 6.02. The number of esters is 2. The fraction of sp³-hybridized carbons (Fsp3) is 0.429. The van der Waals surface area contributed by atoms with Crippen molar-refractivity contribution in [2.24, 2.45) is 0 Å². The van der Waals surface area contributed by atoms with Gasteiger partial charge in [0, 0.05) is 41.0 Å². The first-order valence-corrected chi connectivity index (χ1v) is 15.2. The zero-order valence-corrected chi connectivity index (χ0v) is 25.5. The molecule has 3 aliphatic rings. The van der Waals surface area contributed by atoms with E-state index in [2.05, 4.69) is 62.0 Å². The number of aryl methyl sites for hydroxylation is 3. The Morgan fingerprint density at radius 2 is 1.90 bits per heavy atom. The van der Waals surface area contributed by atoms with Crippen molar-refractivity contribution in [1.82, 2.24) is 15.2 Å². The van der Waals surface area contributed by atoms with Crippen LogP contribution in [-0.4, -0.2) is 47.1 Å². The summed E-state index contributed by atoms with van der Waals surface area (Å²) in [4.78, 5) is 33.9. The lowest BCUT2D eigenvalue weighted by Crippen LogP contribution is -2.46. The molecule has 2 N–H and O–H groups in total. The Morgan fingerprint density at radius 3 is 2.62 bits per heavy atom. The molecule has 2 unspecified atom stereocenters. The van der Waals surface area contributed by atoms with Crippen LogP contribution in [0.2, 0.25) is 0 Å². The van der Waals surface area contributed by atoms with Crippen LogP contribution in [0.15, 0.2) is 65.1 Å². The maximum atomic E-state index is 14.2. The van der Waals surface area contributed by atoms with E-state index < -0.39 is 18.0 Å². The van der Waals surface area contributed by atoms with Crippen molar-refractivity contribution < 1.29 is 19.1 Å². The van der Waals surface area contributed by atoms with Gasteiger partial charge in [-0.3, -0.25) is 4.90 Å². The van der Waals surface area contributed by atoms with E-state index >= 15 is 0 Å². The van der Waals surface area contributed by atoms with Crippen molar-refractivity contribution in [1.29, 1.82) is 0 Å². The van der Waals surface area contributed by atoms with Gasteiger partial charge in [0.05, 0.1) is 29.7 Å². The largest absolute Gasteiger partial charge is 0.463 e. The quantitative estimate of drug-likeness (QED) is 0.335. The van der Waals surface area contributed by atoms with Gasteiger partial charge in [0.15, 0.2) is 0 Å². The molecule has 0 saturated carbocycles. The number of H-pyrrole nitrogens is 1. The maximum absolute atomic E-state index is 14.2. The summed E-state index contributed by atoms with van der Waals surface area (Å²) >= 11 is 0. The molecule has 4 heterocycles. The number of carbonyl (C=O) groups is 2. The predicted molar refractivity (Wildman–Crippen MR) is 164 cm³/mol. The second-order valence-corrected chi connectivity index (χ2v) is 12.2. The van der Waals surface area contributed by atoms with Crippen LogP contribution in [0.25, 0.3) is 10.9 Å². The first-order valence-electron chi connectivity index (χ1n) is 15.2. The number of hydrogen-bond donors (Lipinski definition) is 2. The van der Waals surface area contributed by atoms with E-state index in [-0.39, 0.29) is 18.6 Å². The lowest BCUT2D eigenvalue weighted by atomic mass is 9.76. The first-order chi connectivity index (χ1) is 20.2. The van der Waals surface area contributed by atoms with Crippen molar-refractivity contribution in [3.05, 3.63) is 93.0 Å². The number of likely N-dealkylation sites (tertiary alicyclic amines) is 1. The molecule has 7 heteroatoms. The Kier molecular flexibility index (Phi) is 7.48. The van der Waals surface area contributed by atoms with Crippen molar-refractivity contribution in [3.63, 3.8) is 0 Å². The van der Waals surface area contributed by atoms with E-state index in [9.17, 15) is 9.59 Å². The molecular weight excluding hydrogens is 526 g/mol. The number of fused-ring (bicyclic) bond motifs is 1. The number of cyclic esters (lactones) is 1. The number of dihydropyridines is 1. The number of rotatable bonds is 6. The summed E-state index contributed by atoms with van der Waals surface area (Å²) in [6.07, 6.45) is 3.97. The molecule has 0 radical (unpaired) electrons. The summed E-state index contributed by atoms with van der Waals surface area (Å²) in [7, 11) is 0. The smallest absolute Gasteiger partial charge is 0.337 e.